The first-order chi connectivity index (χ1) is 4.90. The summed E-state index contributed by atoms with van der Waals surface area (Å²) in [5.74, 6) is 0. The normalized spacial score (nSPS) is 57.6. The zero-order valence-electron chi connectivity index (χ0n) is 5.31. The average molecular weight is 142 g/mol. The molecule has 10 heavy (non-hydrogen) atoms. The second kappa shape index (κ2) is 1.67. The molecule has 0 amide bonds. The van der Waals surface area contributed by atoms with Crippen LogP contribution in [-0.2, 0) is 0 Å². The van der Waals surface area contributed by atoms with E-state index in [1.54, 1.807) is 0 Å². The van der Waals surface area contributed by atoms with Crippen LogP contribution < -0.4 is 31.9 Å². The highest BCUT2D eigenvalue weighted by molar-refractivity contribution is 4.92. The first-order valence-corrected chi connectivity index (χ1v) is 3.46. The highest BCUT2D eigenvalue weighted by Crippen LogP contribution is 2.01. The Balaban J connectivity index is 1.90. The molecule has 4 saturated heterocycles. The molecular formula is C4H10N6. The average Bonchev–Trinajstić information content (AvgIpc) is 1.82. The molecule has 4 bridgehead atoms. The summed E-state index contributed by atoms with van der Waals surface area (Å²) in [7, 11) is 0. The van der Waals surface area contributed by atoms with E-state index in [1.807, 2.05) is 0 Å². The lowest BCUT2D eigenvalue weighted by Gasteiger charge is -2.53. The van der Waals surface area contributed by atoms with Crippen molar-refractivity contribution in [3.05, 3.63) is 0 Å². The minimum absolute atomic E-state index is 0.240. The third-order valence-corrected chi connectivity index (χ3v) is 2.00. The fourth-order valence-electron chi connectivity index (χ4n) is 1.58. The molecular weight excluding hydrogens is 132 g/mol. The van der Waals surface area contributed by atoms with Gasteiger partial charge in [-0.3, -0.25) is 31.9 Å². The van der Waals surface area contributed by atoms with E-state index in [4.69, 9.17) is 0 Å². The maximum Gasteiger partial charge on any atom is 0.118 e. The van der Waals surface area contributed by atoms with E-state index >= 15 is 0 Å². The Hall–Kier alpha value is -0.240. The van der Waals surface area contributed by atoms with Crippen LogP contribution in [-0.4, -0.2) is 25.2 Å². The molecule has 4 heterocycles. The lowest BCUT2D eigenvalue weighted by molar-refractivity contribution is -0.0116. The minimum Gasteiger partial charge on any atom is -0.261 e. The lowest BCUT2D eigenvalue weighted by Crippen LogP contribution is -2.92. The first-order valence-electron chi connectivity index (χ1n) is 3.46. The van der Waals surface area contributed by atoms with Crippen LogP contribution in [0.3, 0.4) is 0 Å². The summed E-state index contributed by atoms with van der Waals surface area (Å²) in [6.45, 7) is 0. The van der Waals surface area contributed by atoms with Gasteiger partial charge in [0.2, 0.25) is 0 Å². The van der Waals surface area contributed by atoms with Crippen molar-refractivity contribution in [3.8, 4) is 0 Å². The zero-order valence-corrected chi connectivity index (χ0v) is 5.31. The van der Waals surface area contributed by atoms with Gasteiger partial charge in [-0.2, -0.15) is 0 Å². The molecule has 0 radical (unpaired) electrons. The van der Waals surface area contributed by atoms with Crippen molar-refractivity contribution in [2.24, 2.45) is 0 Å². The molecule has 4 fully saturated rings. The third-order valence-electron chi connectivity index (χ3n) is 2.00. The molecule has 4 rings (SSSR count). The van der Waals surface area contributed by atoms with Crippen LogP contribution in [0.15, 0.2) is 0 Å². The van der Waals surface area contributed by atoms with Crippen molar-refractivity contribution in [2.75, 3.05) is 0 Å². The predicted octanol–water partition coefficient (Wildman–Crippen LogP) is -3.30. The summed E-state index contributed by atoms with van der Waals surface area (Å²) >= 11 is 0. The van der Waals surface area contributed by atoms with Crippen LogP contribution in [0.5, 0.6) is 0 Å². The Morgan fingerprint density at radius 2 is 0.600 bits per heavy atom. The van der Waals surface area contributed by atoms with Crippen molar-refractivity contribution >= 4 is 0 Å². The number of hydrogen-bond acceptors (Lipinski definition) is 6. The molecule has 0 spiro atoms. The molecule has 0 aliphatic carbocycles. The molecule has 0 aromatic carbocycles. The Labute approximate surface area is 58.1 Å². The molecule has 0 saturated carbocycles. The van der Waals surface area contributed by atoms with E-state index in [9.17, 15) is 0 Å². The molecule has 6 heteroatoms. The standard InChI is InChI=1S/C4H10N6/c5-1-6-3-8-2(5)9-4(7-1)10-3/h1-10H. The maximum atomic E-state index is 3.23. The van der Waals surface area contributed by atoms with Gasteiger partial charge < -0.3 is 0 Å². The molecule has 0 unspecified atom stereocenters. The Morgan fingerprint density at radius 3 is 0.800 bits per heavy atom. The van der Waals surface area contributed by atoms with E-state index in [1.165, 1.54) is 0 Å². The topological polar surface area (TPSA) is 72.2 Å². The summed E-state index contributed by atoms with van der Waals surface area (Å²) in [5, 5.41) is 19.4. The smallest absolute Gasteiger partial charge is 0.118 e. The van der Waals surface area contributed by atoms with Gasteiger partial charge in [-0.05, 0) is 0 Å². The summed E-state index contributed by atoms with van der Waals surface area (Å²) in [6.07, 6.45) is 0.958. The highest BCUT2D eigenvalue weighted by atomic mass is 15.7. The molecule has 0 aromatic rings. The SMILES string of the molecule is N1C2NC3NC1NC(N2)N3. The number of hydrogen-bond donors (Lipinski definition) is 6. The fourth-order valence-corrected chi connectivity index (χ4v) is 1.58. The summed E-state index contributed by atoms with van der Waals surface area (Å²) in [4.78, 5) is 0. The summed E-state index contributed by atoms with van der Waals surface area (Å²) in [5.41, 5.74) is 0. The van der Waals surface area contributed by atoms with Crippen molar-refractivity contribution in [1.29, 1.82) is 0 Å². The van der Waals surface area contributed by atoms with E-state index in [2.05, 4.69) is 31.9 Å². The van der Waals surface area contributed by atoms with E-state index in [0.29, 0.717) is 0 Å². The Bertz CT molecular complexity index is 101. The highest BCUT2D eigenvalue weighted by Gasteiger charge is 2.39. The maximum absolute atomic E-state index is 3.23. The number of rotatable bonds is 0. The second-order valence-corrected chi connectivity index (χ2v) is 2.73. The van der Waals surface area contributed by atoms with Gasteiger partial charge in [0, 0.05) is 0 Å². The summed E-state index contributed by atoms with van der Waals surface area (Å²) in [6, 6.07) is 0. The lowest BCUT2D eigenvalue weighted by atomic mass is 10.4. The van der Waals surface area contributed by atoms with Crippen LogP contribution in [0.25, 0.3) is 0 Å². The van der Waals surface area contributed by atoms with Crippen LogP contribution in [0, 0.1) is 0 Å². The van der Waals surface area contributed by atoms with E-state index < -0.39 is 0 Å². The van der Waals surface area contributed by atoms with Crippen molar-refractivity contribution in [2.45, 2.75) is 25.2 Å². The molecule has 6 nitrogen and oxygen atoms in total. The van der Waals surface area contributed by atoms with Gasteiger partial charge in [0.1, 0.15) is 25.2 Å². The third kappa shape index (κ3) is 0.628. The minimum atomic E-state index is 0.240. The van der Waals surface area contributed by atoms with Crippen LogP contribution in [0.1, 0.15) is 0 Å². The van der Waals surface area contributed by atoms with Gasteiger partial charge in [0.15, 0.2) is 0 Å². The van der Waals surface area contributed by atoms with Crippen molar-refractivity contribution in [1.82, 2.24) is 31.9 Å². The van der Waals surface area contributed by atoms with Crippen molar-refractivity contribution in [3.63, 3.8) is 0 Å². The van der Waals surface area contributed by atoms with Gasteiger partial charge in [-0.1, -0.05) is 0 Å². The first kappa shape index (κ1) is 5.42. The second-order valence-electron chi connectivity index (χ2n) is 2.73. The monoisotopic (exact) mass is 142 g/mol. The Kier molecular flexibility index (Phi) is 0.906. The van der Waals surface area contributed by atoms with Crippen molar-refractivity contribution < 1.29 is 0 Å². The summed E-state index contributed by atoms with van der Waals surface area (Å²) < 4.78 is 0. The van der Waals surface area contributed by atoms with Gasteiger partial charge >= 0.3 is 0 Å². The molecule has 6 N–H and O–H groups in total. The largest absolute Gasteiger partial charge is 0.261 e. The van der Waals surface area contributed by atoms with Crippen LogP contribution in [0.2, 0.25) is 0 Å². The zero-order chi connectivity index (χ0) is 6.55. The fraction of sp³-hybridized carbons (Fsp3) is 1.00. The van der Waals surface area contributed by atoms with Crippen LogP contribution >= 0.6 is 0 Å². The molecule has 0 atom stereocenters. The van der Waals surface area contributed by atoms with Crippen LogP contribution in [0.4, 0.5) is 0 Å². The van der Waals surface area contributed by atoms with Gasteiger partial charge in [0.05, 0.1) is 0 Å². The van der Waals surface area contributed by atoms with Gasteiger partial charge in [-0.15, -0.1) is 0 Å². The Morgan fingerprint density at radius 1 is 0.400 bits per heavy atom. The predicted molar refractivity (Wildman–Crippen MR) is 34.0 cm³/mol. The molecule has 0 aromatic heterocycles. The van der Waals surface area contributed by atoms with Gasteiger partial charge in [-0.25, -0.2) is 0 Å². The molecule has 4 aliphatic heterocycles. The number of nitrogens with one attached hydrogen (secondary N) is 6. The molecule has 4 aliphatic rings. The van der Waals surface area contributed by atoms with E-state index in [-0.39, 0.29) is 25.2 Å². The van der Waals surface area contributed by atoms with Gasteiger partial charge in [0.25, 0.3) is 0 Å². The molecule has 56 valence electrons. The quantitative estimate of drug-likeness (QED) is 0.213. The van der Waals surface area contributed by atoms with E-state index in [0.717, 1.165) is 0 Å².